The molecule has 0 radical (unpaired) electrons. The summed E-state index contributed by atoms with van der Waals surface area (Å²) in [6, 6.07) is 1.23. The molecular formula is C10H9ClFN3S. The zero-order chi connectivity index (χ0) is 11.9. The lowest BCUT2D eigenvalue weighted by atomic mass is 10.2. The first-order chi connectivity index (χ1) is 7.50. The standard InChI is InChI=1S/C10H9ClFN3S/c1-5-8(14-15(2)10(5)16)9-7(12)3-6(11)4-13-9/h3-4,14H,1-2H3. The zero-order valence-electron chi connectivity index (χ0n) is 8.71. The number of rotatable bonds is 1. The Hall–Kier alpha value is -1.20. The number of aromatic amines is 1. The summed E-state index contributed by atoms with van der Waals surface area (Å²) in [5.74, 6) is -0.465. The topological polar surface area (TPSA) is 33.6 Å². The lowest BCUT2D eigenvalue weighted by molar-refractivity contribution is 0.624. The molecule has 0 spiro atoms. The second-order valence-corrected chi connectivity index (χ2v) is 4.28. The molecule has 2 aromatic rings. The molecule has 0 saturated heterocycles. The second-order valence-electron chi connectivity index (χ2n) is 3.46. The number of nitrogens with zero attached hydrogens (tertiary/aromatic N) is 2. The van der Waals surface area contributed by atoms with Crippen LogP contribution in [0.2, 0.25) is 5.02 Å². The van der Waals surface area contributed by atoms with E-state index in [2.05, 4.69) is 10.1 Å². The number of hydrogen-bond acceptors (Lipinski definition) is 2. The van der Waals surface area contributed by atoms with Gasteiger partial charge in [0.05, 0.1) is 10.7 Å². The summed E-state index contributed by atoms with van der Waals surface area (Å²) in [5.41, 5.74) is 1.61. The van der Waals surface area contributed by atoms with Crippen molar-refractivity contribution in [1.82, 2.24) is 14.8 Å². The highest BCUT2D eigenvalue weighted by molar-refractivity contribution is 7.71. The summed E-state index contributed by atoms with van der Waals surface area (Å²) in [7, 11) is 1.77. The molecule has 0 amide bonds. The van der Waals surface area contributed by atoms with E-state index < -0.39 is 5.82 Å². The van der Waals surface area contributed by atoms with E-state index in [0.717, 1.165) is 5.56 Å². The number of H-pyrrole nitrogens is 1. The summed E-state index contributed by atoms with van der Waals surface area (Å²) in [6.07, 6.45) is 1.41. The zero-order valence-corrected chi connectivity index (χ0v) is 10.3. The van der Waals surface area contributed by atoms with Gasteiger partial charge in [0.1, 0.15) is 10.3 Å². The van der Waals surface area contributed by atoms with Crippen molar-refractivity contribution in [2.45, 2.75) is 6.92 Å². The molecule has 0 aliphatic rings. The highest BCUT2D eigenvalue weighted by atomic mass is 35.5. The van der Waals surface area contributed by atoms with Crippen molar-refractivity contribution in [3.63, 3.8) is 0 Å². The van der Waals surface area contributed by atoms with Crippen LogP contribution in [0, 0.1) is 17.4 Å². The van der Waals surface area contributed by atoms with E-state index in [0.29, 0.717) is 10.3 Å². The first-order valence-corrected chi connectivity index (χ1v) is 5.36. The molecule has 6 heteroatoms. The number of halogens is 2. The van der Waals surface area contributed by atoms with Crippen molar-refractivity contribution in [3.05, 3.63) is 33.3 Å². The van der Waals surface area contributed by atoms with Gasteiger partial charge in [0.15, 0.2) is 5.82 Å². The second kappa shape index (κ2) is 3.99. The molecule has 0 fully saturated rings. The molecule has 0 aromatic carbocycles. The fourth-order valence-corrected chi connectivity index (χ4v) is 1.78. The van der Waals surface area contributed by atoms with Crippen LogP contribution in [0.15, 0.2) is 12.3 Å². The third-order valence-corrected chi connectivity index (χ3v) is 3.11. The number of pyridine rings is 1. The van der Waals surface area contributed by atoms with Crippen molar-refractivity contribution < 1.29 is 4.39 Å². The fourth-order valence-electron chi connectivity index (χ4n) is 1.49. The van der Waals surface area contributed by atoms with Crippen LogP contribution in [0.25, 0.3) is 11.4 Å². The average Bonchev–Trinajstić information content (AvgIpc) is 2.46. The predicted octanol–water partition coefficient (Wildman–Crippen LogP) is 3.25. The molecule has 0 unspecified atom stereocenters. The number of hydrogen-bond donors (Lipinski definition) is 1. The Morgan fingerprint density at radius 3 is 2.75 bits per heavy atom. The van der Waals surface area contributed by atoms with E-state index in [4.69, 9.17) is 23.8 Å². The van der Waals surface area contributed by atoms with Crippen LogP contribution in [-0.4, -0.2) is 14.8 Å². The van der Waals surface area contributed by atoms with Crippen LogP contribution < -0.4 is 0 Å². The highest BCUT2D eigenvalue weighted by Crippen LogP contribution is 2.24. The van der Waals surface area contributed by atoms with Crippen molar-refractivity contribution in [1.29, 1.82) is 0 Å². The Bertz CT molecular complexity index is 603. The van der Waals surface area contributed by atoms with E-state index in [-0.39, 0.29) is 10.7 Å². The highest BCUT2D eigenvalue weighted by Gasteiger charge is 2.13. The predicted molar refractivity (Wildman–Crippen MR) is 63.5 cm³/mol. The monoisotopic (exact) mass is 257 g/mol. The van der Waals surface area contributed by atoms with Gasteiger partial charge in [-0.2, -0.15) is 0 Å². The van der Waals surface area contributed by atoms with Crippen LogP contribution >= 0.6 is 23.8 Å². The van der Waals surface area contributed by atoms with Gasteiger partial charge in [-0.1, -0.05) is 23.8 Å². The van der Waals surface area contributed by atoms with Gasteiger partial charge in [-0.3, -0.25) is 9.78 Å². The molecule has 1 N–H and O–H groups in total. The lowest BCUT2D eigenvalue weighted by Crippen LogP contribution is -1.93. The minimum atomic E-state index is -0.465. The van der Waals surface area contributed by atoms with Crippen LogP contribution in [0.5, 0.6) is 0 Å². The van der Waals surface area contributed by atoms with Crippen molar-refractivity contribution >= 4 is 23.8 Å². The number of aromatic nitrogens is 3. The molecule has 0 aliphatic heterocycles. The van der Waals surface area contributed by atoms with Gasteiger partial charge in [-0.25, -0.2) is 9.37 Å². The number of nitrogens with one attached hydrogen (secondary N) is 1. The van der Waals surface area contributed by atoms with Crippen molar-refractivity contribution in [3.8, 4) is 11.4 Å². The van der Waals surface area contributed by atoms with Crippen molar-refractivity contribution in [2.24, 2.45) is 7.05 Å². The molecule has 16 heavy (non-hydrogen) atoms. The van der Waals surface area contributed by atoms with Crippen molar-refractivity contribution in [2.75, 3.05) is 0 Å². The van der Waals surface area contributed by atoms with Gasteiger partial charge in [0.2, 0.25) is 0 Å². The molecule has 0 atom stereocenters. The molecule has 3 nitrogen and oxygen atoms in total. The Balaban J connectivity index is 2.68. The largest absolute Gasteiger partial charge is 0.295 e. The molecule has 2 aromatic heterocycles. The summed E-state index contributed by atoms with van der Waals surface area (Å²) < 4.78 is 15.9. The Morgan fingerprint density at radius 1 is 1.56 bits per heavy atom. The van der Waals surface area contributed by atoms with Gasteiger partial charge in [-0.05, 0) is 13.0 Å². The Kier molecular flexibility index (Phi) is 2.82. The molecular weight excluding hydrogens is 249 g/mol. The SMILES string of the molecule is Cc1c(-c2ncc(Cl)cc2F)[nH]n(C)c1=S. The lowest BCUT2D eigenvalue weighted by Gasteiger charge is -2.01. The minimum Gasteiger partial charge on any atom is -0.295 e. The van der Waals surface area contributed by atoms with Gasteiger partial charge >= 0.3 is 0 Å². The maximum absolute atomic E-state index is 13.6. The maximum Gasteiger partial charge on any atom is 0.152 e. The first kappa shape index (κ1) is 11.3. The van der Waals surface area contributed by atoms with Crippen LogP contribution in [-0.2, 0) is 7.05 Å². The molecule has 2 heterocycles. The molecule has 84 valence electrons. The molecule has 2 rings (SSSR count). The van der Waals surface area contributed by atoms with Crippen LogP contribution in [0.3, 0.4) is 0 Å². The van der Waals surface area contributed by atoms with Crippen LogP contribution in [0.1, 0.15) is 5.56 Å². The number of aryl methyl sites for hydroxylation is 1. The van der Waals surface area contributed by atoms with Gasteiger partial charge in [-0.15, -0.1) is 0 Å². The summed E-state index contributed by atoms with van der Waals surface area (Å²) in [6.45, 7) is 1.82. The average molecular weight is 258 g/mol. The van der Waals surface area contributed by atoms with E-state index in [1.165, 1.54) is 12.3 Å². The summed E-state index contributed by atoms with van der Waals surface area (Å²) in [4.78, 5) is 3.97. The third kappa shape index (κ3) is 1.76. The first-order valence-electron chi connectivity index (χ1n) is 4.57. The molecule has 0 saturated carbocycles. The van der Waals surface area contributed by atoms with Gasteiger partial charge < -0.3 is 0 Å². The fraction of sp³-hybridized carbons (Fsp3) is 0.200. The Labute approximate surface area is 102 Å². The molecule has 0 bridgehead atoms. The summed E-state index contributed by atoms with van der Waals surface area (Å²) >= 11 is 10.8. The van der Waals surface area contributed by atoms with E-state index >= 15 is 0 Å². The van der Waals surface area contributed by atoms with Gasteiger partial charge in [0, 0.05) is 18.8 Å². The van der Waals surface area contributed by atoms with Gasteiger partial charge in [0.25, 0.3) is 0 Å². The quantitative estimate of drug-likeness (QED) is 0.796. The van der Waals surface area contributed by atoms with E-state index in [1.807, 2.05) is 6.92 Å². The normalized spacial score (nSPS) is 10.8. The maximum atomic E-state index is 13.6. The minimum absolute atomic E-state index is 0.230. The smallest absolute Gasteiger partial charge is 0.152 e. The molecule has 0 aliphatic carbocycles. The van der Waals surface area contributed by atoms with E-state index in [9.17, 15) is 4.39 Å². The Morgan fingerprint density at radius 2 is 2.25 bits per heavy atom. The third-order valence-electron chi connectivity index (χ3n) is 2.32. The van der Waals surface area contributed by atoms with Crippen LogP contribution in [0.4, 0.5) is 4.39 Å². The summed E-state index contributed by atoms with van der Waals surface area (Å²) in [5, 5.41) is 3.23. The van der Waals surface area contributed by atoms with E-state index in [1.54, 1.807) is 11.7 Å².